The maximum absolute atomic E-state index is 10.7. The molecular formula is C5H11NO3S. The summed E-state index contributed by atoms with van der Waals surface area (Å²) in [6.07, 6.45) is 1.89. The lowest BCUT2D eigenvalue weighted by molar-refractivity contribution is -0.109. The second-order valence-electron chi connectivity index (χ2n) is 2.01. The number of hydrogen-bond acceptors (Lipinski definition) is 3. The van der Waals surface area contributed by atoms with Crippen LogP contribution in [0.2, 0.25) is 0 Å². The zero-order valence-electron chi connectivity index (χ0n) is 5.99. The molecule has 0 heterocycles. The number of sulfone groups is 1. The monoisotopic (exact) mass is 165 g/mol. The van der Waals surface area contributed by atoms with Gasteiger partial charge in [-0.2, -0.15) is 0 Å². The van der Waals surface area contributed by atoms with Gasteiger partial charge in [-0.15, -0.1) is 0 Å². The standard InChI is InChI=1S/C5H11NO3S/c1-3-5(6-4-7)10(2,8)9/h4-5H,3H2,1-2H3,(H,6,7). The van der Waals surface area contributed by atoms with Crippen molar-refractivity contribution in [2.45, 2.75) is 18.7 Å². The van der Waals surface area contributed by atoms with Gasteiger partial charge in [-0.25, -0.2) is 8.42 Å². The summed E-state index contributed by atoms with van der Waals surface area (Å²) in [5.41, 5.74) is 0. The summed E-state index contributed by atoms with van der Waals surface area (Å²) >= 11 is 0. The molecule has 5 heteroatoms. The summed E-state index contributed by atoms with van der Waals surface area (Å²) in [6, 6.07) is 0. The smallest absolute Gasteiger partial charge is 0.208 e. The molecule has 0 aliphatic heterocycles. The van der Waals surface area contributed by atoms with Gasteiger partial charge < -0.3 is 5.32 Å². The molecule has 0 fully saturated rings. The molecule has 1 atom stereocenters. The van der Waals surface area contributed by atoms with E-state index in [2.05, 4.69) is 5.32 Å². The minimum atomic E-state index is -3.12. The first-order chi connectivity index (χ1) is 4.52. The minimum absolute atomic E-state index is 0.398. The molecule has 0 aromatic heterocycles. The second kappa shape index (κ2) is 3.55. The average Bonchev–Trinajstić information content (AvgIpc) is 1.80. The molecule has 1 amide bonds. The van der Waals surface area contributed by atoms with Crippen molar-refractivity contribution in [1.29, 1.82) is 0 Å². The highest BCUT2D eigenvalue weighted by Crippen LogP contribution is 1.97. The minimum Gasteiger partial charge on any atom is -0.342 e. The Kier molecular flexibility index (Phi) is 3.35. The lowest BCUT2D eigenvalue weighted by Gasteiger charge is -2.09. The molecule has 0 aliphatic carbocycles. The Morgan fingerprint density at radius 2 is 2.10 bits per heavy atom. The molecule has 0 bridgehead atoms. The molecule has 0 radical (unpaired) electrons. The van der Waals surface area contributed by atoms with E-state index in [0.717, 1.165) is 6.26 Å². The van der Waals surface area contributed by atoms with Gasteiger partial charge in [0, 0.05) is 6.26 Å². The van der Waals surface area contributed by atoms with Gasteiger partial charge in [0.2, 0.25) is 6.41 Å². The number of nitrogens with one attached hydrogen (secondary N) is 1. The van der Waals surface area contributed by atoms with Crippen molar-refractivity contribution < 1.29 is 13.2 Å². The van der Waals surface area contributed by atoms with Crippen LogP contribution in [0.15, 0.2) is 0 Å². The summed E-state index contributed by atoms with van der Waals surface area (Å²) in [5, 5.41) is 1.47. The van der Waals surface area contributed by atoms with E-state index in [9.17, 15) is 13.2 Å². The summed E-state index contributed by atoms with van der Waals surface area (Å²) in [5.74, 6) is 0. The van der Waals surface area contributed by atoms with Gasteiger partial charge in [-0.1, -0.05) is 6.92 Å². The largest absolute Gasteiger partial charge is 0.342 e. The Bertz CT molecular complexity index is 197. The van der Waals surface area contributed by atoms with Crippen LogP contribution in [-0.2, 0) is 14.6 Å². The third-order valence-corrected chi connectivity index (χ3v) is 2.64. The molecule has 60 valence electrons. The highest BCUT2D eigenvalue weighted by atomic mass is 32.2. The Balaban J connectivity index is 4.22. The summed E-state index contributed by atoms with van der Waals surface area (Å²) in [6.45, 7) is 1.70. The van der Waals surface area contributed by atoms with Crippen molar-refractivity contribution in [3.8, 4) is 0 Å². The van der Waals surface area contributed by atoms with Crippen LogP contribution >= 0.6 is 0 Å². The fourth-order valence-electron chi connectivity index (χ4n) is 0.620. The van der Waals surface area contributed by atoms with Gasteiger partial charge in [-0.3, -0.25) is 4.79 Å². The number of carbonyl (C=O) groups excluding carboxylic acids is 1. The first kappa shape index (κ1) is 9.42. The SMILES string of the molecule is CCC(NC=O)S(C)(=O)=O. The van der Waals surface area contributed by atoms with Gasteiger partial charge in [0.1, 0.15) is 5.37 Å². The third kappa shape index (κ3) is 2.82. The Labute approximate surface area is 60.5 Å². The maximum Gasteiger partial charge on any atom is 0.208 e. The fraction of sp³-hybridized carbons (Fsp3) is 0.800. The normalized spacial score (nSPS) is 14.2. The quantitative estimate of drug-likeness (QED) is 0.572. The second-order valence-corrected chi connectivity index (χ2v) is 4.24. The van der Waals surface area contributed by atoms with Crippen LogP contribution in [-0.4, -0.2) is 26.5 Å². The molecule has 1 unspecified atom stereocenters. The van der Waals surface area contributed by atoms with Gasteiger partial charge in [-0.05, 0) is 6.42 Å². The van der Waals surface area contributed by atoms with E-state index >= 15 is 0 Å². The van der Waals surface area contributed by atoms with Crippen molar-refractivity contribution in [2.75, 3.05) is 6.26 Å². The zero-order valence-corrected chi connectivity index (χ0v) is 6.81. The van der Waals surface area contributed by atoms with E-state index in [1.54, 1.807) is 6.92 Å². The molecular weight excluding hydrogens is 154 g/mol. The predicted octanol–water partition coefficient (Wildman–Crippen LogP) is -0.487. The predicted molar refractivity (Wildman–Crippen MR) is 38.1 cm³/mol. The van der Waals surface area contributed by atoms with Gasteiger partial charge in [0.05, 0.1) is 0 Å². The van der Waals surface area contributed by atoms with Crippen molar-refractivity contribution in [3.05, 3.63) is 0 Å². The van der Waals surface area contributed by atoms with Crippen LogP contribution in [0.25, 0.3) is 0 Å². The van der Waals surface area contributed by atoms with Gasteiger partial charge in [0.25, 0.3) is 0 Å². The highest BCUT2D eigenvalue weighted by Gasteiger charge is 2.16. The average molecular weight is 165 g/mol. The van der Waals surface area contributed by atoms with Crippen LogP contribution in [0.4, 0.5) is 0 Å². The van der Waals surface area contributed by atoms with E-state index < -0.39 is 15.2 Å². The first-order valence-electron chi connectivity index (χ1n) is 2.91. The molecule has 4 nitrogen and oxygen atoms in total. The van der Waals surface area contributed by atoms with E-state index in [4.69, 9.17) is 0 Å². The number of rotatable bonds is 4. The number of amides is 1. The molecule has 0 saturated heterocycles. The summed E-state index contributed by atoms with van der Waals surface area (Å²) in [4.78, 5) is 9.85. The molecule has 0 aromatic rings. The summed E-state index contributed by atoms with van der Waals surface area (Å²) < 4.78 is 21.5. The first-order valence-corrected chi connectivity index (χ1v) is 4.86. The highest BCUT2D eigenvalue weighted by molar-refractivity contribution is 7.91. The molecule has 0 aliphatic rings. The Hall–Kier alpha value is -0.580. The zero-order chi connectivity index (χ0) is 8.20. The van der Waals surface area contributed by atoms with Crippen molar-refractivity contribution in [2.24, 2.45) is 0 Å². The Morgan fingerprint density at radius 1 is 1.60 bits per heavy atom. The van der Waals surface area contributed by atoms with Crippen LogP contribution in [0, 0.1) is 0 Å². The van der Waals surface area contributed by atoms with Gasteiger partial charge >= 0.3 is 0 Å². The molecule has 0 aromatic carbocycles. The topological polar surface area (TPSA) is 63.2 Å². The van der Waals surface area contributed by atoms with Crippen LogP contribution in [0.5, 0.6) is 0 Å². The van der Waals surface area contributed by atoms with Crippen molar-refractivity contribution in [1.82, 2.24) is 5.32 Å². The molecule has 0 saturated carbocycles. The number of hydrogen-bond donors (Lipinski definition) is 1. The van der Waals surface area contributed by atoms with Crippen molar-refractivity contribution >= 4 is 16.2 Å². The van der Waals surface area contributed by atoms with Crippen LogP contribution in [0.1, 0.15) is 13.3 Å². The lowest BCUT2D eigenvalue weighted by Crippen LogP contribution is -2.34. The Morgan fingerprint density at radius 3 is 2.20 bits per heavy atom. The summed E-state index contributed by atoms with van der Waals surface area (Å²) in [7, 11) is -3.12. The van der Waals surface area contributed by atoms with E-state index in [0.29, 0.717) is 12.8 Å². The van der Waals surface area contributed by atoms with Gasteiger partial charge in [0.15, 0.2) is 9.84 Å². The molecule has 10 heavy (non-hydrogen) atoms. The van der Waals surface area contributed by atoms with Crippen LogP contribution < -0.4 is 5.32 Å². The molecule has 0 rings (SSSR count). The number of carbonyl (C=O) groups is 1. The third-order valence-electron chi connectivity index (χ3n) is 1.14. The van der Waals surface area contributed by atoms with E-state index in [1.807, 2.05) is 0 Å². The van der Waals surface area contributed by atoms with E-state index in [1.165, 1.54) is 0 Å². The fourth-order valence-corrected chi connectivity index (χ4v) is 1.53. The van der Waals surface area contributed by atoms with Crippen LogP contribution in [0.3, 0.4) is 0 Å². The lowest BCUT2D eigenvalue weighted by atomic mass is 10.5. The van der Waals surface area contributed by atoms with E-state index in [-0.39, 0.29) is 0 Å². The maximum atomic E-state index is 10.7. The van der Waals surface area contributed by atoms with Crippen molar-refractivity contribution in [3.63, 3.8) is 0 Å². The molecule has 0 spiro atoms. The molecule has 1 N–H and O–H groups in total.